The van der Waals surface area contributed by atoms with Gasteiger partial charge in [-0.2, -0.15) is 4.31 Å². The third kappa shape index (κ3) is 3.05. The Morgan fingerprint density at radius 1 is 1.33 bits per heavy atom. The van der Waals surface area contributed by atoms with Crippen molar-refractivity contribution in [1.29, 1.82) is 0 Å². The second kappa shape index (κ2) is 6.42. The number of fused-ring (bicyclic) bond motifs is 1. The average molecular weight is 356 g/mol. The number of nitrogens with two attached hydrogens (primary N) is 1. The highest BCUT2D eigenvalue weighted by Gasteiger charge is 2.45. The molecule has 1 aromatic rings. The summed E-state index contributed by atoms with van der Waals surface area (Å²) in [5, 5.41) is 0. The summed E-state index contributed by atoms with van der Waals surface area (Å²) >= 11 is 0. The van der Waals surface area contributed by atoms with E-state index in [4.69, 9.17) is 10.5 Å². The predicted molar refractivity (Wildman–Crippen MR) is 85.3 cm³/mol. The van der Waals surface area contributed by atoms with Gasteiger partial charge in [0.1, 0.15) is 5.82 Å². The monoisotopic (exact) mass is 356 g/mol. The molecule has 1 aliphatic heterocycles. The van der Waals surface area contributed by atoms with Gasteiger partial charge in [-0.25, -0.2) is 17.6 Å². The largest absolute Gasteiger partial charge is 0.462 e. The number of hydrogen-bond donors (Lipinski definition) is 1. The summed E-state index contributed by atoms with van der Waals surface area (Å²) in [4.78, 5) is 11.6. The Hall–Kier alpha value is -1.51. The van der Waals surface area contributed by atoms with Crippen LogP contribution in [0.4, 0.5) is 4.39 Å². The van der Waals surface area contributed by atoms with Gasteiger partial charge in [-0.15, -0.1) is 0 Å². The standard InChI is InChI=1S/C16H21FN2O4S/c1-2-23-16(20)11-5-12(17)7-13(6-11)24(21,22)19-8-10-3-4-15(18)14(10)9-19/h5-7,10,14-15H,2-4,8-9,18H2,1H3. The first kappa shape index (κ1) is 17.3. The van der Waals surface area contributed by atoms with E-state index in [2.05, 4.69) is 0 Å². The maximum Gasteiger partial charge on any atom is 0.338 e. The molecule has 6 nitrogen and oxygen atoms in total. The van der Waals surface area contributed by atoms with E-state index in [0.717, 1.165) is 25.0 Å². The van der Waals surface area contributed by atoms with E-state index in [0.29, 0.717) is 13.1 Å². The van der Waals surface area contributed by atoms with E-state index >= 15 is 0 Å². The van der Waals surface area contributed by atoms with E-state index in [-0.39, 0.29) is 34.9 Å². The zero-order valence-electron chi connectivity index (χ0n) is 13.4. The van der Waals surface area contributed by atoms with Crippen molar-refractivity contribution < 1.29 is 22.3 Å². The summed E-state index contributed by atoms with van der Waals surface area (Å²) in [5.41, 5.74) is 5.94. The first-order valence-corrected chi connectivity index (χ1v) is 9.50. The molecule has 0 amide bonds. The fraction of sp³-hybridized carbons (Fsp3) is 0.562. The molecule has 1 heterocycles. The van der Waals surface area contributed by atoms with Crippen molar-refractivity contribution in [3.63, 3.8) is 0 Å². The number of sulfonamides is 1. The van der Waals surface area contributed by atoms with Gasteiger partial charge in [-0.3, -0.25) is 0 Å². The Morgan fingerprint density at radius 2 is 2.08 bits per heavy atom. The molecule has 1 aliphatic carbocycles. The van der Waals surface area contributed by atoms with Crippen LogP contribution in [0.15, 0.2) is 23.1 Å². The summed E-state index contributed by atoms with van der Waals surface area (Å²) in [6.45, 7) is 2.50. The maximum absolute atomic E-state index is 13.8. The van der Waals surface area contributed by atoms with Crippen molar-refractivity contribution in [3.05, 3.63) is 29.6 Å². The van der Waals surface area contributed by atoms with E-state index in [9.17, 15) is 17.6 Å². The lowest BCUT2D eigenvalue weighted by molar-refractivity contribution is 0.0525. The van der Waals surface area contributed by atoms with Gasteiger partial charge in [0.25, 0.3) is 0 Å². The van der Waals surface area contributed by atoms with E-state index in [1.54, 1.807) is 6.92 Å². The molecule has 132 valence electrons. The lowest BCUT2D eigenvalue weighted by Crippen LogP contribution is -2.33. The molecule has 0 radical (unpaired) electrons. The van der Waals surface area contributed by atoms with Crippen molar-refractivity contribution in [1.82, 2.24) is 4.31 Å². The number of carbonyl (C=O) groups excluding carboxylic acids is 1. The van der Waals surface area contributed by atoms with Gasteiger partial charge >= 0.3 is 5.97 Å². The van der Waals surface area contributed by atoms with Crippen LogP contribution in [0.2, 0.25) is 0 Å². The highest BCUT2D eigenvalue weighted by atomic mass is 32.2. The first-order chi connectivity index (χ1) is 11.3. The third-order valence-electron chi connectivity index (χ3n) is 4.90. The van der Waals surface area contributed by atoms with Gasteiger partial charge in [-0.1, -0.05) is 0 Å². The van der Waals surface area contributed by atoms with Crippen LogP contribution in [0.3, 0.4) is 0 Å². The van der Waals surface area contributed by atoms with Crippen molar-refractivity contribution >= 4 is 16.0 Å². The minimum atomic E-state index is -3.87. The molecule has 1 saturated heterocycles. The smallest absolute Gasteiger partial charge is 0.338 e. The second-order valence-electron chi connectivity index (χ2n) is 6.38. The molecule has 3 unspecified atom stereocenters. The Kier molecular flexibility index (Phi) is 4.63. The molecule has 1 saturated carbocycles. The molecule has 8 heteroatoms. The number of rotatable bonds is 4. The molecule has 3 atom stereocenters. The molecule has 0 spiro atoms. The van der Waals surface area contributed by atoms with E-state index in [1.807, 2.05) is 0 Å². The summed E-state index contributed by atoms with van der Waals surface area (Å²) in [7, 11) is -3.87. The molecule has 1 aromatic carbocycles. The number of carbonyl (C=O) groups is 1. The maximum atomic E-state index is 13.8. The summed E-state index contributed by atoms with van der Waals surface area (Å²) < 4.78 is 45.6. The number of halogens is 1. The van der Waals surface area contributed by atoms with Crippen molar-refractivity contribution in [3.8, 4) is 0 Å². The van der Waals surface area contributed by atoms with Crippen LogP contribution in [0, 0.1) is 17.7 Å². The first-order valence-electron chi connectivity index (χ1n) is 8.06. The normalized spacial score (nSPS) is 27.2. The molecule has 0 bridgehead atoms. The third-order valence-corrected chi connectivity index (χ3v) is 6.71. The molecular formula is C16H21FN2O4S. The van der Waals surface area contributed by atoms with E-state index in [1.165, 1.54) is 10.4 Å². The van der Waals surface area contributed by atoms with Crippen LogP contribution in [0.5, 0.6) is 0 Å². The lowest BCUT2D eigenvalue weighted by Gasteiger charge is -2.19. The van der Waals surface area contributed by atoms with Crippen molar-refractivity contribution in [2.45, 2.75) is 30.7 Å². The summed E-state index contributed by atoms with van der Waals surface area (Å²) in [5.74, 6) is -1.12. The van der Waals surface area contributed by atoms with Gasteiger partial charge in [-0.05, 0) is 49.8 Å². The quantitative estimate of drug-likeness (QED) is 0.823. The number of hydrogen-bond acceptors (Lipinski definition) is 5. The molecule has 2 aliphatic rings. The number of esters is 1. The lowest BCUT2D eigenvalue weighted by atomic mass is 9.98. The molecular weight excluding hydrogens is 335 g/mol. The minimum Gasteiger partial charge on any atom is -0.462 e. The Labute approximate surface area is 140 Å². The van der Waals surface area contributed by atoms with Gasteiger partial charge < -0.3 is 10.5 Å². The molecule has 0 aromatic heterocycles. The Bertz CT molecular complexity index is 752. The van der Waals surface area contributed by atoms with Gasteiger partial charge in [0, 0.05) is 19.1 Å². The average Bonchev–Trinajstić information content (AvgIpc) is 3.10. The molecule has 2 fully saturated rings. The molecule has 2 N–H and O–H groups in total. The van der Waals surface area contributed by atoms with Gasteiger partial charge in [0.15, 0.2) is 0 Å². The predicted octanol–water partition coefficient (Wildman–Crippen LogP) is 1.36. The second-order valence-corrected chi connectivity index (χ2v) is 8.32. The Balaban J connectivity index is 1.89. The van der Waals surface area contributed by atoms with Crippen LogP contribution < -0.4 is 5.73 Å². The number of nitrogens with zero attached hydrogens (tertiary/aromatic N) is 1. The fourth-order valence-electron chi connectivity index (χ4n) is 3.66. The van der Waals surface area contributed by atoms with Gasteiger partial charge in [0.05, 0.1) is 17.1 Å². The van der Waals surface area contributed by atoms with Crippen LogP contribution in [0.25, 0.3) is 0 Å². The topological polar surface area (TPSA) is 89.7 Å². The highest BCUT2D eigenvalue weighted by molar-refractivity contribution is 7.89. The zero-order chi connectivity index (χ0) is 17.5. The van der Waals surface area contributed by atoms with Crippen molar-refractivity contribution in [2.24, 2.45) is 17.6 Å². The SMILES string of the molecule is CCOC(=O)c1cc(F)cc(S(=O)(=O)N2CC3CCC(N)C3C2)c1. The highest BCUT2D eigenvalue weighted by Crippen LogP contribution is 2.39. The van der Waals surface area contributed by atoms with Crippen molar-refractivity contribution in [2.75, 3.05) is 19.7 Å². The molecule has 3 rings (SSSR count). The van der Waals surface area contributed by atoms with Crippen LogP contribution in [-0.4, -0.2) is 44.4 Å². The van der Waals surface area contributed by atoms with Gasteiger partial charge in [0.2, 0.25) is 10.0 Å². The molecule has 24 heavy (non-hydrogen) atoms. The number of benzene rings is 1. The summed E-state index contributed by atoms with van der Waals surface area (Å²) in [6.07, 6.45) is 1.82. The fourth-order valence-corrected chi connectivity index (χ4v) is 5.25. The van der Waals surface area contributed by atoms with Crippen LogP contribution in [0.1, 0.15) is 30.1 Å². The van der Waals surface area contributed by atoms with Crippen LogP contribution >= 0.6 is 0 Å². The summed E-state index contributed by atoms with van der Waals surface area (Å²) in [6, 6.07) is 3.10. The van der Waals surface area contributed by atoms with Crippen LogP contribution in [-0.2, 0) is 14.8 Å². The number of ether oxygens (including phenoxy) is 1. The van der Waals surface area contributed by atoms with E-state index < -0.39 is 21.8 Å². The Morgan fingerprint density at radius 3 is 2.75 bits per heavy atom. The minimum absolute atomic E-state index is 0.0119. The zero-order valence-corrected chi connectivity index (χ0v) is 14.3.